The van der Waals surface area contributed by atoms with Gasteiger partial charge < -0.3 is 10.1 Å². The Labute approximate surface area is 79.3 Å². The maximum Gasteiger partial charge on any atom is 0.323 e. The lowest BCUT2D eigenvalue weighted by atomic mass is 10.1. The highest BCUT2D eigenvalue weighted by Gasteiger charge is 2.29. The molecule has 0 amide bonds. The van der Waals surface area contributed by atoms with Gasteiger partial charge in [0.25, 0.3) is 0 Å². The van der Waals surface area contributed by atoms with Gasteiger partial charge in [-0.1, -0.05) is 0 Å². The highest BCUT2D eigenvalue weighted by Crippen LogP contribution is 2.12. The van der Waals surface area contributed by atoms with Gasteiger partial charge in [-0.2, -0.15) is 0 Å². The second-order valence-electron chi connectivity index (χ2n) is 3.83. The molecule has 4 heteroatoms. The van der Waals surface area contributed by atoms with Gasteiger partial charge in [-0.25, -0.2) is 0 Å². The van der Waals surface area contributed by atoms with Gasteiger partial charge in [0.2, 0.25) is 0 Å². The Kier molecular flexibility index (Phi) is 4.00. The Hall–Kier alpha value is -0.280. The Morgan fingerprint density at radius 1 is 1.50 bits per heavy atom. The van der Waals surface area contributed by atoms with Crippen LogP contribution in [-0.4, -0.2) is 24.2 Å². The predicted octanol–water partition coefficient (Wildman–Crippen LogP) is 1.11. The maximum atomic E-state index is 11.2. The average molecular weight is 194 g/mol. The Balaban J connectivity index is 0.00000121. The first-order valence-corrected chi connectivity index (χ1v) is 3.95. The fourth-order valence-electron chi connectivity index (χ4n) is 0.863. The molecule has 0 spiro atoms. The Morgan fingerprint density at radius 3 is 2.25 bits per heavy atom. The van der Waals surface area contributed by atoms with E-state index in [1.54, 1.807) is 0 Å². The minimum absolute atomic E-state index is 0. The number of nitrogens with one attached hydrogen (secondary N) is 1. The highest BCUT2D eigenvalue weighted by molar-refractivity contribution is 5.85. The largest absolute Gasteiger partial charge is 0.459 e. The number of rotatable bonds is 1. The predicted molar refractivity (Wildman–Crippen MR) is 49.5 cm³/mol. The van der Waals surface area contributed by atoms with Crippen molar-refractivity contribution in [3.05, 3.63) is 0 Å². The zero-order valence-corrected chi connectivity index (χ0v) is 8.53. The van der Waals surface area contributed by atoms with E-state index in [4.69, 9.17) is 4.74 Å². The number of hydrogen-bond acceptors (Lipinski definition) is 3. The van der Waals surface area contributed by atoms with Gasteiger partial charge in [0.1, 0.15) is 11.6 Å². The fourth-order valence-corrected chi connectivity index (χ4v) is 0.863. The molecule has 1 aliphatic heterocycles. The minimum Gasteiger partial charge on any atom is -0.459 e. The quantitative estimate of drug-likeness (QED) is 0.635. The highest BCUT2D eigenvalue weighted by atomic mass is 35.5. The summed E-state index contributed by atoms with van der Waals surface area (Å²) in [7, 11) is 0. The van der Waals surface area contributed by atoms with Gasteiger partial charge in [-0.05, 0) is 33.7 Å². The molecule has 0 saturated carbocycles. The molecular formula is C8H16ClNO2. The van der Waals surface area contributed by atoms with E-state index >= 15 is 0 Å². The molecule has 1 saturated heterocycles. The van der Waals surface area contributed by atoms with Crippen LogP contribution in [0.3, 0.4) is 0 Å². The van der Waals surface area contributed by atoms with E-state index in [9.17, 15) is 4.79 Å². The molecule has 0 aromatic heterocycles. The van der Waals surface area contributed by atoms with E-state index in [-0.39, 0.29) is 30.0 Å². The number of halogens is 1. The Bertz CT molecular complexity index is 161. The monoisotopic (exact) mass is 193 g/mol. The van der Waals surface area contributed by atoms with E-state index in [1.165, 1.54) is 0 Å². The van der Waals surface area contributed by atoms with Crippen LogP contribution in [0.4, 0.5) is 0 Å². The van der Waals surface area contributed by atoms with Gasteiger partial charge in [0.05, 0.1) is 0 Å². The SMILES string of the molecule is CC(C)(C)OC(=O)C1CCN1.Cl. The van der Waals surface area contributed by atoms with Crippen molar-refractivity contribution in [1.29, 1.82) is 0 Å². The lowest BCUT2D eigenvalue weighted by Crippen LogP contribution is -2.50. The van der Waals surface area contributed by atoms with Crippen LogP contribution < -0.4 is 5.32 Å². The van der Waals surface area contributed by atoms with Crippen LogP contribution in [0, 0.1) is 0 Å². The molecule has 0 aliphatic carbocycles. The van der Waals surface area contributed by atoms with Gasteiger partial charge >= 0.3 is 5.97 Å². The normalized spacial score (nSPS) is 22.1. The summed E-state index contributed by atoms with van der Waals surface area (Å²) >= 11 is 0. The lowest BCUT2D eigenvalue weighted by Gasteiger charge is -2.29. The Morgan fingerprint density at radius 2 is 2.00 bits per heavy atom. The molecule has 72 valence electrons. The molecule has 1 aliphatic rings. The molecule has 1 fully saturated rings. The summed E-state index contributed by atoms with van der Waals surface area (Å²) in [6.45, 7) is 6.57. The zero-order valence-electron chi connectivity index (χ0n) is 7.72. The van der Waals surface area contributed by atoms with Crippen LogP contribution in [0.25, 0.3) is 0 Å². The van der Waals surface area contributed by atoms with E-state index in [1.807, 2.05) is 20.8 Å². The van der Waals surface area contributed by atoms with Crippen molar-refractivity contribution in [2.24, 2.45) is 0 Å². The van der Waals surface area contributed by atoms with Crippen LogP contribution in [0.2, 0.25) is 0 Å². The molecule has 1 rings (SSSR count). The van der Waals surface area contributed by atoms with Gasteiger partial charge in [-0.15, -0.1) is 12.4 Å². The van der Waals surface area contributed by atoms with Crippen molar-refractivity contribution >= 4 is 18.4 Å². The van der Waals surface area contributed by atoms with Crippen molar-refractivity contribution in [1.82, 2.24) is 5.32 Å². The molecule has 0 radical (unpaired) electrons. The standard InChI is InChI=1S/C8H15NO2.ClH/c1-8(2,3)11-7(10)6-4-5-9-6;/h6,9H,4-5H2,1-3H3;1H. The summed E-state index contributed by atoms with van der Waals surface area (Å²) in [5.41, 5.74) is -0.353. The summed E-state index contributed by atoms with van der Waals surface area (Å²) in [6.07, 6.45) is 0.912. The first-order chi connectivity index (χ1) is 4.99. The maximum absolute atomic E-state index is 11.2. The first kappa shape index (κ1) is 11.7. The van der Waals surface area contributed by atoms with Gasteiger partial charge in [0.15, 0.2) is 0 Å². The smallest absolute Gasteiger partial charge is 0.323 e. The third-order valence-corrected chi connectivity index (χ3v) is 1.52. The molecule has 0 bridgehead atoms. The van der Waals surface area contributed by atoms with Crippen LogP contribution in [0.1, 0.15) is 27.2 Å². The molecular weight excluding hydrogens is 178 g/mol. The number of ether oxygens (including phenoxy) is 1. The van der Waals surface area contributed by atoms with Crippen molar-refractivity contribution in [3.63, 3.8) is 0 Å². The third kappa shape index (κ3) is 3.41. The zero-order chi connectivity index (χ0) is 8.48. The molecule has 3 nitrogen and oxygen atoms in total. The van der Waals surface area contributed by atoms with Crippen LogP contribution in [-0.2, 0) is 9.53 Å². The number of esters is 1. The van der Waals surface area contributed by atoms with E-state index < -0.39 is 0 Å². The second kappa shape index (κ2) is 4.10. The second-order valence-corrected chi connectivity index (χ2v) is 3.83. The van der Waals surface area contributed by atoms with Crippen molar-refractivity contribution in [3.8, 4) is 0 Å². The molecule has 1 unspecified atom stereocenters. The van der Waals surface area contributed by atoms with Crippen molar-refractivity contribution in [2.45, 2.75) is 38.8 Å². The summed E-state index contributed by atoms with van der Waals surface area (Å²) in [6, 6.07) is -0.0470. The van der Waals surface area contributed by atoms with E-state index in [0.717, 1.165) is 13.0 Å². The molecule has 1 heterocycles. The van der Waals surface area contributed by atoms with E-state index in [2.05, 4.69) is 5.32 Å². The van der Waals surface area contributed by atoms with Gasteiger partial charge in [0, 0.05) is 0 Å². The minimum atomic E-state index is -0.353. The topological polar surface area (TPSA) is 38.3 Å². The summed E-state index contributed by atoms with van der Waals surface area (Å²) in [5, 5.41) is 2.99. The molecule has 12 heavy (non-hydrogen) atoms. The van der Waals surface area contributed by atoms with E-state index in [0.29, 0.717) is 0 Å². The third-order valence-electron chi connectivity index (χ3n) is 1.52. The van der Waals surface area contributed by atoms with Crippen molar-refractivity contribution in [2.75, 3.05) is 6.54 Å². The number of carbonyl (C=O) groups is 1. The molecule has 0 aromatic carbocycles. The molecule has 0 aromatic rings. The summed E-state index contributed by atoms with van der Waals surface area (Å²) in [4.78, 5) is 11.2. The average Bonchev–Trinajstić information content (AvgIpc) is 1.50. The number of carbonyl (C=O) groups excluding carboxylic acids is 1. The van der Waals surface area contributed by atoms with Crippen LogP contribution in [0.5, 0.6) is 0 Å². The fraction of sp³-hybridized carbons (Fsp3) is 0.875. The van der Waals surface area contributed by atoms with Crippen LogP contribution in [0.15, 0.2) is 0 Å². The number of hydrogen-bond donors (Lipinski definition) is 1. The van der Waals surface area contributed by atoms with Crippen molar-refractivity contribution < 1.29 is 9.53 Å². The first-order valence-electron chi connectivity index (χ1n) is 3.95. The lowest BCUT2D eigenvalue weighted by molar-refractivity contribution is -0.159. The van der Waals surface area contributed by atoms with Crippen LogP contribution >= 0.6 is 12.4 Å². The summed E-state index contributed by atoms with van der Waals surface area (Å²) in [5.74, 6) is -0.122. The van der Waals surface area contributed by atoms with Gasteiger partial charge in [-0.3, -0.25) is 4.79 Å². The summed E-state index contributed by atoms with van der Waals surface area (Å²) < 4.78 is 5.14. The molecule has 1 N–H and O–H groups in total. The molecule has 1 atom stereocenters.